The van der Waals surface area contributed by atoms with Crippen LogP contribution in [-0.4, -0.2) is 31.4 Å². The highest BCUT2D eigenvalue weighted by molar-refractivity contribution is 6.34. The first-order chi connectivity index (χ1) is 15.8. The summed E-state index contributed by atoms with van der Waals surface area (Å²) in [5.74, 6) is -1.09. The average molecular weight is 467 g/mol. The molecular formula is C23H20ClFN6O2. The Labute approximate surface area is 194 Å². The maximum Gasteiger partial charge on any atom is 0.260 e. The van der Waals surface area contributed by atoms with Gasteiger partial charge < -0.3 is 10.6 Å². The molecule has 0 aliphatic rings. The van der Waals surface area contributed by atoms with Gasteiger partial charge in [0.15, 0.2) is 0 Å². The topological polar surface area (TPSA) is 93.8 Å². The van der Waals surface area contributed by atoms with Gasteiger partial charge in [0, 0.05) is 23.8 Å². The summed E-state index contributed by atoms with van der Waals surface area (Å²) in [7, 11) is 0. The van der Waals surface area contributed by atoms with E-state index in [-0.39, 0.29) is 22.4 Å². The van der Waals surface area contributed by atoms with Gasteiger partial charge >= 0.3 is 0 Å². The summed E-state index contributed by atoms with van der Waals surface area (Å²) in [4.78, 5) is 25.4. The van der Waals surface area contributed by atoms with Crippen molar-refractivity contribution in [3.63, 3.8) is 0 Å². The fraction of sp³-hybridized carbons (Fsp3) is 0.130. The second kappa shape index (κ2) is 9.25. The van der Waals surface area contributed by atoms with E-state index in [4.69, 9.17) is 11.6 Å². The SMILES string of the molecule is Cc1nn(-c2ccc(F)cc2)c(Cl)c1C(=O)Nc1cccc(NC(=O)C(C)n2cccn2)c1. The van der Waals surface area contributed by atoms with Crippen LogP contribution in [0.25, 0.3) is 5.69 Å². The molecule has 0 spiro atoms. The Balaban J connectivity index is 1.50. The summed E-state index contributed by atoms with van der Waals surface area (Å²) in [5, 5.41) is 14.1. The molecule has 0 fully saturated rings. The molecule has 2 aromatic heterocycles. The highest BCUT2D eigenvalue weighted by atomic mass is 35.5. The van der Waals surface area contributed by atoms with Crippen LogP contribution in [0.2, 0.25) is 5.15 Å². The maximum atomic E-state index is 13.2. The number of rotatable bonds is 6. The number of hydrogen-bond acceptors (Lipinski definition) is 4. The first-order valence-corrected chi connectivity index (χ1v) is 10.4. The normalized spacial score (nSPS) is 11.8. The number of halogens is 2. The first kappa shape index (κ1) is 22.2. The van der Waals surface area contributed by atoms with E-state index in [0.717, 1.165) is 0 Å². The molecule has 1 unspecified atom stereocenters. The Bertz CT molecular complexity index is 1300. The lowest BCUT2D eigenvalue weighted by Crippen LogP contribution is -2.24. The van der Waals surface area contributed by atoms with Crippen LogP contribution in [0.5, 0.6) is 0 Å². The van der Waals surface area contributed by atoms with Crippen molar-refractivity contribution in [1.29, 1.82) is 0 Å². The van der Waals surface area contributed by atoms with E-state index in [9.17, 15) is 14.0 Å². The molecule has 2 aromatic carbocycles. The number of aromatic nitrogens is 4. The Hall–Kier alpha value is -3.98. The molecule has 2 amide bonds. The van der Waals surface area contributed by atoms with Gasteiger partial charge in [0.1, 0.15) is 22.6 Å². The van der Waals surface area contributed by atoms with Crippen LogP contribution in [0.15, 0.2) is 67.0 Å². The Morgan fingerprint density at radius 3 is 2.42 bits per heavy atom. The van der Waals surface area contributed by atoms with Crippen molar-refractivity contribution < 1.29 is 14.0 Å². The van der Waals surface area contributed by atoms with E-state index < -0.39 is 11.9 Å². The monoisotopic (exact) mass is 466 g/mol. The molecule has 4 aromatic rings. The molecule has 33 heavy (non-hydrogen) atoms. The van der Waals surface area contributed by atoms with Gasteiger partial charge in [-0.25, -0.2) is 9.07 Å². The number of carbonyl (C=O) groups excluding carboxylic acids is 2. The van der Waals surface area contributed by atoms with Crippen molar-refractivity contribution in [1.82, 2.24) is 19.6 Å². The van der Waals surface area contributed by atoms with Crippen LogP contribution < -0.4 is 10.6 Å². The summed E-state index contributed by atoms with van der Waals surface area (Å²) in [6.45, 7) is 3.39. The van der Waals surface area contributed by atoms with E-state index in [2.05, 4.69) is 20.8 Å². The summed E-state index contributed by atoms with van der Waals surface area (Å²) in [5.41, 5.74) is 2.12. The van der Waals surface area contributed by atoms with Crippen LogP contribution in [0.1, 0.15) is 29.0 Å². The molecule has 8 nitrogen and oxygen atoms in total. The summed E-state index contributed by atoms with van der Waals surface area (Å²) in [6.07, 6.45) is 3.31. The first-order valence-electron chi connectivity index (χ1n) is 10.1. The highest BCUT2D eigenvalue weighted by Gasteiger charge is 2.22. The summed E-state index contributed by atoms with van der Waals surface area (Å²) < 4.78 is 16.1. The van der Waals surface area contributed by atoms with Crippen molar-refractivity contribution in [2.24, 2.45) is 0 Å². The number of carbonyl (C=O) groups is 2. The number of amides is 2. The fourth-order valence-electron chi connectivity index (χ4n) is 3.26. The third-order valence-electron chi connectivity index (χ3n) is 4.99. The summed E-state index contributed by atoms with van der Waals surface area (Å²) >= 11 is 6.43. The number of anilines is 2. The molecule has 2 heterocycles. The molecule has 1 atom stereocenters. The molecular weight excluding hydrogens is 447 g/mol. The van der Waals surface area contributed by atoms with Crippen molar-refractivity contribution in [3.05, 3.63) is 89.2 Å². The fourth-order valence-corrected chi connectivity index (χ4v) is 3.61. The average Bonchev–Trinajstić information content (AvgIpc) is 3.42. The van der Waals surface area contributed by atoms with E-state index in [0.29, 0.717) is 22.8 Å². The minimum Gasteiger partial charge on any atom is -0.324 e. The Morgan fingerprint density at radius 1 is 1.06 bits per heavy atom. The minimum atomic E-state index is -0.503. The molecule has 0 saturated carbocycles. The van der Waals surface area contributed by atoms with Gasteiger partial charge in [-0.15, -0.1) is 0 Å². The van der Waals surface area contributed by atoms with Crippen LogP contribution in [0.3, 0.4) is 0 Å². The zero-order valence-electron chi connectivity index (χ0n) is 17.8. The van der Waals surface area contributed by atoms with Gasteiger partial charge in [0.25, 0.3) is 5.91 Å². The van der Waals surface area contributed by atoms with Crippen molar-refractivity contribution in [3.8, 4) is 5.69 Å². The van der Waals surface area contributed by atoms with Crippen molar-refractivity contribution >= 4 is 34.8 Å². The number of nitrogens with zero attached hydrogens (tertiary/aromatic N) is 4. The second-order valence-electron chi connectivity index (χ2n) is 7.33. The van der Waals surface area contributed by atoms with E-state index in [1.54, 1.807) is 61.3 Å². The van der Waals surface area contributed by atoms with Crippen LogP contribution >= 0.6 is 11.6 Å². The minimum absolute atomic E-state index is 0.106. The molecule has 4 rings (SSSR count). The zero-order chi connectivity index (χ0) is 23.5. The smallest absolute Gasteiger partial charge is 0.260 e. The van der Waals surface area contributed by atoms with E-state index in [1.807, 2.05) is 0 Å². The van der Waals surface area contributed by atoms with Crippen molar-refractivity contribution in [2.45, 2.75) is 19.9 Å². The number of aryl methyl sites for hydroxylation is 1. The third kappa shape index (κ3) is 4.78. The van der Waals surface area contributed by atoms with Gasteiger partial charge in [-0.05, 0) is 62.4 Å². The van der Waals surface area contributed by atoms with E-state index >= 15 is 0 Å². The molecule has 168 valence electrons. The zero-order valence-corrected chi connectivity index (χ0v) is 18.5. The Kier molecular flexibility index (Phi) is 6.23. The van der Waals surface area contributed by atoms with Crippen LogP contribution in [0, 0.1) is 12.7 Å². The number of benzene rings is 2. The second-order valence-corrected chi connectivity index (χ2v) is 7.68. The lowest BCUT2D eigenvalue weighted by atomic mass is 10.2. The largest absolute Gasteiger partial charge is 0.324 e. The van der Waals surface area contributed by atoms with E-state index in [1.165, 1.54) is 28.9 Å². The van der Waals surface area contributed by atoms with Gasteiger partial charge in [0.05, 0.1) is 11.4 Å². The van der Waals surface area contributed by atoms with Gasteiger partial charge in [0.2, 0.25) is 5.91 Å². The number of nitrogens with one attached hydrogen (secondary N) is 2. The van der Waals surface area contributed by atoms with Gasteiger partial charge in [-0.3, -0.25) is 14.3 Å². The highest BCUT2D eigenvalue weighted by Crippen LogP contribution is 2.25. The predicted molar refractivity (Wildman–Crippen MR) is 123 cm³/mol. The third-order valence-corrected chi connectivity index (χ3v) is 5.34. The standard InChI is InChI=1S/C23H20ClFN6O2/c1-14-20(21(24)31(29-14)19-9-7-16(25)8-10-19)23(33)28-18-6-3-5-17(13-18)27-22(32)15(2)30-12-4-11-26-30/h3-13,15H,1-2H3,(H,27,32)(H,28,33). The molecule has 10 heteroatoms. The predicted octanol–water partition coefficient (Wildman–Crippen LogP) is 4.62. The molecule has 2 N–H and O–H groups in total. The van der Waals surface area contributed by atoms with Gasteiger partial charge in [-0.1, -0.05) is 17.7 Å². The van der Waals surface area contributed by atoms with Gasteiger partial charge in [-0.2, -0.15) is 10.2 Å². The van der Waals surface area contributed by atoms with Crippen molar-refractivity contribution in [2.75, 3.05) is 10.6 Å². The molecule has 0 aliphatic heterocycles. The quantitative estimate of drug-likeness (QED) is 0.433. The molecule has 0 bridgehead atoms. The lowest BCUT2D eigenvalue weighted by Gasteiger charge is -2.13. The molecule has 0 saturated heterocycles. The Morgan fingerprint density at radius 2 is 1.76 bits per heavy atom. The summed E-state index contributed by atoms with van der Waals surface area (Å²) in [6, 6.07) is 13.6. The van der Waals surface area contributed by atoms with Crippen LogP contribution in [-0.2, 0) is 4.79 Å². The molecule has 0 radical (unpaired) electrons. The van der Waals surface area contributed by atoms with Crippen LogP contribution in [0.4, 0.5) is 15.8 Å². The number of hydrogen-bond donors (Lipinski definition) is 2. The maximum absolute atomic E-state index is 13.2. The molecule has 0 aliphatic carbocycles. The lowest BCUT2D eigenvalue weighted by molar-refractivity contribution is -0.119.